The van der Waals surface area contributed by atoms with Gasteiger partial charge in [0.1, 0.15) is 11.6 Å². The van der Waals surface area contributed by atoms with Crippen LogP contribution in [0.3, 0.4) is 0 Å². The number of fused-ring (bicyclic) bond motifs is 1. The molecule has 21 heavy (non-hydrogen) atoms. The van der Waals surface area contributed by atoms with Crippen molar-refractivity contribution in [1.82, 2.24) is 19.6 Å². The minimum atomic E-state index is -0.294. The zero-order valence-electron chi connectivity index (χ0n) is 11.5. The molecule has 0 aliphatic carbocycles. The van der Waals surface area contributed by atoms with Gasteiger partial charge in [-0.1, -0.05) is 24.3 Å². The summed E-state index contributed by atoms with van der Waals surface area (Å²) in [5, 5.41) is 18.6. The second-order valence-electron chi connectivity index (χ2n) is 4.74. The van der Waals surface area contributed by atoms with Gasteiger partial charge >= 0.3 is 5.69 Å². The van der Waals surface area contributed by atoms with E-state index < -0.39 is 0 Å². The molecule has 0 aliphatic heterocycles. The van der Waals surface area contributed by atoms with Crippen LogP contribution in [0.5, 0.6) is 0 Å². The molecule has 0 bridgehead atoms. The monoisotopic (exact) mass is 285 g/mol. The molecule has 0 aliphatic rings. The van der Waals surface area contributed by atoms with Crippen LogP contribution in [0.1, 0.15) is 17.0 Å². The molecule has 0 saturated heterocycles. The smallest absolute Gasteiger partial charge is 0.349 e. The summed E-state index contributed by atoms with van der Waals surface area (Å²) in [5.74, 6) is 1.21. The first-order valence-electron chi connectivity index (χ1n) is 6.54. The van der Waals surface area contributed by atoms with Crippen molar-refractivity contribution in [3.8, 4) is 0 Å². The molecule has 2 heterocycles. The summed E-state index contributed by atoms with van der Waals surface area (Å²) in [4.78, 5) is 15.9. The number of hydrogen-bond acceptors (Lipinski definition) is 5. The highest BCUT2D eigenvalue weighted by atomic mass is 16.3. The number of aromatic nitrogens is 4. The third kappa shape index (κ3) is 2.63. The summed E-state index contributed by atoms with van der Waals surface area (Å²) < 4.78 is 1.41. The average Bonchev–Trinajstić information content (AvgIpc) is 2.87. The summed E-state index contributed by atoms with van der Waals surface area (Å²) in [6, 6.07) is 9.38. The van der Waals surface area contributed by atoms with E-state index in [4.69, 9.17) is 5.11 Å². The number of aryl methyl sites for hydroxylation is 1. The van der Waals surface area contributed by atoms with Crippen LogP contribution in [0.15, 0.2) is 35.1 Å². The number of benzene rings is 1. The van der Waals surface area contributed by atoms with Crippen LogP contribution < -0.4 is 11.0 Å². The van der Waals surface area contributed by atoms with E-state index in [0.717, 1.165) is 11.1 Å². The predicted molar refractivity (Wildman–Crippen MR) is 78.0 cm³/mol. The van der Waals surface area contributed by atoms with Gasteiger partial charge < -0.3 is 10.4 Å². The second-order valence-corrected chi connectivity index (χ2v) is 4.74. The highest BCUT2D eigenvalue weighted by molar-refractivity contribution is 5.49. The van der Waals surface area contributed by atoms with Gasteiger partial charge in [-0.25, -0.2) is 19.3 Å². The number of rotatable bonds is 4. The van der Waals surface area contributed by atoms with E-state index in [1.807, 2.05) is 24.3 Å². The van der Waals surface area contributed by atoms with Gasteiger partial charge in [-0.2, -0.15) is 5.10 Å². The van der Waals surface area contributed by atoms with E-state index in [-0.39, 0.29) is 12.3 Å². The van der Waals surface area contributed by atoms with Crippen molar-refractivity contribution in [2.45, 2.75) is 20.1 Å². The molecule has 0 saturated carbocycles. The van der Waals surface area contributed by atoms with E-state index in [2.05, 4.69) is 20.5 Å². The lowest BCUT2D eigenvalue weighted by molar-refractivity contribution is 0.281. The standard InChI is InChI=1S/C14H15N5O2/c1-9-16-12(6-13-17-18-14(21)19(9)13)15-7-10-3-2-4-11(5-10)8-20/h2-6,15,20H,7-8H2,1H3,(H,18,21). The van der Waals surface area contributed by atoms with Crippen molar-refractivity contribution in [1.29, 1.82) is 0 Å². The third-order valence-corrected chi connectivity index (χ3v) is 3.22. The van der Waals surface area contributed by atoms with Gasteiger partial charge in [0.25, 0.3) is 0 Å². The SMILES string of the molecule is Cc1nc(NCc2cccc(CO)c2)cc2n[nH]c(=O)n12. The molecular weight excluding hydrogens is 270 g/mol. The van der Waals surface area contributed by atoms with Crippen molar-refractivity contribution in [2.24, 2.45) is 0 Å². The zero-order chi connectivity index (χ0) is 14.8. The van der Waals surface area contributed by atoms with E-state index in [1.165, 1.54) is 4.40 Å². The van der Waals surface area contributed by atoms with Crippen LogP contribution >= 0.6 is 0 Å². The molecule has 3 N–H and O–H groups in total. The van der Waals surface area contributed by atoms with Gasteiger partial charge in [0.15, 0.2) is 5.65 Å². The molecule has 0 radical (unpaired) electrons. The Kier molecular flexibility index (Phi) is 3.41. The molecule has 0 unspecified atom stereocenters. The van der Waals surface area contributed by atoms with Gasteiger partial charge in [0.2, 0.25) is 0 Å². The lowest BCUT2D eigenvalue weighted by atomic mass is 10.1. The van der Waals surface area contributed by atoms with Crippen molar-refractivity contribution < 1.29 is 5.11 Å². The Balaban J connectivity index is 1.83. The first-order chi connectivity index (χ1) is 10.2. The van der Waals surface area contributed by atoms with E-state index in [0.29, 0.717) is 23.8 Å². The van der Waals surface area contributed by atoms with Crippen LogP contribution in [0.4, 0.5) is 5.82 Å². The van der Waals surface area contributed by atoms with Gasteiger partial charge in [-0.15, -0.1) is 0 Å². The molecule has 108 valence electrons. The molecule has 0 atom stereocenters. The molecule has 2 aromatic heterocycles. The van der Waals surface area contributed by atoms with Crippen molar-refractivity contribution >= 4 is 11.5 Å². The lowest BCUT2D eigenvalue weighted by Crippen LogP contribution is -2.14. The van der Waals surface area contributed by atoms with E-state index in [1.54, 1.807) is 13.0 Å². The van der Waals surface area contributed by atoms with Gasteiger partial charge in [0.05, 0.1) is 6.61 Å². The number of H-pyrrole nitrogens is 1. The quantitative estimate of drug-likeness (QED) is 0.660. The average molecular weight is 285 g/mol. The summed E-state index contributed by atoms with van der Waals surface area (Å²) in [7, 11) is 0. The van der Waals surface area contributed by atoms with Crippen LogP contribution in [0.25, 0.3) is 5.65 Å². The molecule has 1 aromatic carbocycles. The fourth-order valence-electron chi connectivity index (χ4n) is 2.22. The van der Waals surface area contributed by atoms with E-state index >= 15 is 0 Å². The van der Waals surface area contributed by atoms with Crippen LogP contribution in [0, 0.1) is 6.92 Å². The van der Waals surface area contributed by atoms with Crippen molar-refractivity contribution in [3.63, 3.8) is 0 Å². The normalized spacial score (nSPS) is 11.0. The Hall–Kier alpha value is -2.67. The number of hydrogen-bond donors (Lipinski definition) is 3. The highest BCUT2D eigenvalue weighted by Crippen LogP contribution is 2.11. The fourth-order valence-corrected chi connectivity index (χ4v) is 2.22. The highest BCUT2D eigenvalue weighted by Gasteiger charge is 2.06. The molecule has 0 spiro atoms. The maximum absolute atomic E-state index is 11.5. The van der Waals surface area contributed by atoms with Gasteiger partial charge in [-0.05, 0) is 18.1 Å². The van der Waals surface area contributed by atoms with Gasteiger partial charge in [-0.3, -0.25) is 0 Å². The Morgan fingerprint density at radius 1 is 1.33 bits per heavy atom. The first-order valence-corrected chi connectivity index (χ1v) is 6.54. The van der Waals surface area contributed by atoms with Crippen LogP contribution in [0.2, 0.25) is 0 Å². The second kappa shape index (κ2) is 5.37. The summed E-state index contributed by atoms with van der Waals surface area (Å²) in [6.45, 7) is 2.35. The first kappa shape index (κ1) is 13.3. The van der Waals surface area contributed by atoms with Crippen LogP contribution in [-0.2, 0) is 13.2 Å². The van der Waals surface area contributed by atoms with Crippen molar-refractivity contribution in [3.05, 3.63) is 57.8 Å². The minimum Gasteiger partial charge on any atom is -0.392 e. The molecule has 7 nitrogen and oxygen atoms in total. The Bertz CT molecular complexity index is 837. The number of nitrogens with zero attached hydrogens (tertiary/aromatic N) is 3. The zero-order valence-corrected chi connectivity index (χ0v) is 11.5. The number of anilines is 1. The molecular formula is C14H15N5O2. The minimum absolute atomic E-state index is 0.0212. The van der Waals surface area contributed by atoms with E-state index in [9.17, 15) is 4.79 Å². The Morgan fingerprint density at radius 2 is 2.14 bits per heavy atom. The molecule has 0 fully saturated rings. The number of aliphatic hydroxyl groups excluding tert-OH is 1. The largest absolute Gasteiger partial charge is 0.392 e. The number of nitrogens with one attached hydrogen (secondary N) is 2. The number of aromatic amines is 1. The molecule has 3 rings (SSSR count). The molecule has 7 heteroatoms. The Labute approximate surface area is 120 Å². The molecule has 3 aromatic rings. The Morgan fingerprint density at radius 3 is 2.95 bits per heavy atom. The topological polar surface area (TPSA) is 95.3 Å². The summed E-state index contributed by atoms with van der Waals surface area (Å²) >= 11 is 0. The summed E-state index contributed by atoms with van der Waals surface area (Å²) in [5.41, 5.74) is 2.14. The third-order valence-electron chi connectivity index (χ3n) is 3.22. The fraction of sp³-hybridized carbons (Fsp3) is 0.214. The molecule has 0 amide bonds. The maximum atomic E-state index is 11.5. The number of aliphatic hydroxyl groups is 1. The van der Waals surface area contributed by atoms with Gasteiger partial charge in [0, 0.05) is 12.6 Å². The summed E-state index contributed by atoms with van der Waals surface area (Å²) in [6.07, 6.45) is 0. The maximum Gasteiger partial charge on any atom is 0.349 e. The predicted octanol–water partition coefficient (Wildman–Crippen LogP) is 0.830. The van der Waals surface area contributed by atoms with Crippen molar-refractivity contribution in [2.75, 3.05) is 5.32 Å². The van der Waals surface area contributed by atoms with Crippen LogP contribution in [-0.4, -0.2) is 24.7 Å². The lowest BCUT2D eigenvalue weighted by Gasteiger charge is -2.08.